The summed E-state index contributed by atoms with van der Waals surface area (Å²) in [6, 6.07) is 12.6. The van der Waals surface area contributed by atoms with Crippen molar-refractivity contribution in [2.75, 3.05) is 0 Å². The molecular weight excluding hydrogens is 482 g/mol. The van der Waals surface area contributed by atoms with Gasteiger partial charge in [0.05, 0.1) is 21.4 Å². The zero-order valence-electron chi connectivity index (χ0n) is 16.3. The number of aromatic nitrogens is 4. The first-order chi connectivity index (χ1) is 14.1. The number of rotatable bonds is 3. The van der Waals surface area contributed by atoms with Gasteiger partial charge >= 0.3 is 0 Å². The molecule has 0 N–H and O–H groups in total. The SMILES string of the molecule is CC(C)(C)c1nnc(-c2nn(-c3ccc(Cl)cc3Cl)c(-c3ccc(Cl)cc3)c2Cl)s1. The lowest BCUT2D eigenvalue weighted by molar-refractivity contribution is 0.578. The molecule has 30 heavy (non-hydrogen) atoms. The molecule has 4 aromatic rings. The molecule has 0 unspecified atom stereocenters. The van der Waals surface area contributed by atoms with E-state index in [0.29, 0.717) is 42.2 Å². The Hall–Kier alpha value is -1.63. The highest BCUT2D eigenvalue weighted by molar-refractivity contribution is 7.14. The van der Waals surface area contributed by atoms with Crippen LogP contribution in [0, 0.1) is 0 Å². The van der Waals surface area contributed by atoms with E-state index < -0.39 is 0 Å². The molecule has 0 aliphatic carbocycles. The lowest BCUT2D eigenvalue weighted by Crippen LogP contribution is -2.10. The third kappa shape index (κ3) is 4.10. The van der Waals surface area contributed by atoms with Gasteiger partial charge in [-0.2, -0.15) is 5.10 Å². The number of hydrogen-bond donors (Lipinski definition) is 0. The number of hydrogen-bond acceptors (Lipinski definition) is 4. The van der Waals surface area contributed by atoms with Crippen molar-refractivity contribution in [1.29, 1.82) is 0 Å². The summed E-state index contributed by atoms with van der Waals surface area (Å²) < 4.78 is 1.71. The number of nitrogens with zero attached hydrogens (tertiary/aromatic N) is 4. The van der Waals surface area contributed by atoms with Gasteiger partial charge in [0.2, 0.25) is 0 Å². The van der Waals surface area contributed by atoms with E-state index in [1.165, 1.54) is 11.3 Å². The quantitative estimate of drug-likeness (QED) is 0.288. The second-order valence-electron chi connectivity index (χ2n) is 7.69. The molecule has 0 aliphatic rings. The fraction of sp³-hybridized carbons (Fsp3) is 0.190. The lowest BCUT2D eigenvalue weighted by atomic mass is 9.98. The Morgan fingerprint density at radius 2 is 1.53 bits per heavy atom. The first kappa shape index (κ1) is 21.6. The summed E-state index contributed by atoms with van der Waals surface area (Å²) in [7, 11) is 0. The molecule has 0 saturated carbocycles. The normalized spacial score (nSPS) is 11.8. The average Bonchev–Trinajstić information content (AvgIpc) is 3.28. The topological polar surface area (TPSA) is 43.6 Å². The fourth-order valence-electron chi connectivity index (χ4n) is 2.84. The molecule has 9 heteroatoms. The van der Waals surface area contributed by atoms with Crippen molar-refractivity contribution < 1.29 is 0 Å². The molecule has 0 amide bonds. The maximum Gasteiger partial charge on any atom is 0.169 e. The Morgan fingerprint density at radius 1 is 0.867 bits per heavy atom. The molecule has 0 atom stereocenters. The van der Waals surface area contributed by atoms with Gasteiger partial charge in [-0.15, -0.1) is 10.2 Å². The van der Waals surface area contributed by atoms with Gasteiger partial charge in [-0.1, -0.05) is 90.6 Å². The minimum atomic E-state index is -0.122. The van der Waals surface area contributed by atoms with Crippen molar-refractivity contribution in [3.8, 4) is 27.6 Å². The molecule has 4 rings (SSSR count). The molecule has 0 fully saturated rings. The van der Waals surface area contributed by atoms with Gasteiger partial charge in [-0.3, -0.25) is 0 Å². The Morgan fingerprint density at radius 3 is 2.13 bits per heavy atom. The molecule has 2 aromatic heterocycles. The second-order valence-corrected chi connectivity index (χ2v) is 10.3. The molecule has 0 aliphatic heterocycles. The van der Waals surface area contributed by atoms with Crippen LogP contribution in [0.15, 0.2) is 42.5 Å². The fourth-order valence-corrected chi connectivity index (χ4v) is 4.72. The maximum atomic E-state index is 6.85. The summed E-state index contributed by atoms with van der Waals surface area (Å²) in [5, 5.41) is 17.1. The van der Waals surface area contributed by atoms with Crippen LogP contribution in [-0.2, 0) is 5.41 Å². The lowest BCUT2D eigenvalue weighted by Gasteiger charge is -2.12. The molecular formula is C21H16Cl4N4S. The Bertz CT molecular complexity index is 1220. The van der Waals surface area contributed by atoms with Crippen LogP contribution in [0.1, 0.15) is 25.8 Å². The third-order valence-electron chi connectivity index (χ3n) is 4.35. The van der Waals surface area contributed by atoms with Gasteiger partial charge in [0, 0.05) is 21.0 Å². The minimum absolute atomic E-state index is 0.122. The highest BCUT2D eigenvalue weighted by atomic mass is 35.5. The predicted molar refractivity (Wildman–Crippen MR) is 127 cm³/mol. The van der Waals surface area contributed by atoms with E-state index in [-0.39, 0.29) is 5.41 Å². The van der Waals surface area contributed by atoms with Crippen LogP contribution in [0.2, 0.25) is 20.1 Å². The molecule has 4 nitrogen and oxygen atoms in total. The Kier molecular flexibility index (Phi) is 5.86. The standard InChI is InChI=1S/C21H16Cl4N4S/c1-21(2,3)20-27-26-19(30-20)17-16(25)18(11-4-6-12(22)7-5-11)29(28-17)15-9-8-13(23)10-14(15)24/h4-10H,1-3H3. The highest BCUT2D eigenvalue weighted by Gasteiger charge is 2.26. The summed E-state index contributed by atoms with van der Waals surface area (Å²) >= 11 is 27.0. The molecule has 0 bridgehead atoms. The van der Waals surface area contributed by atoms with E-state index in [1.807, 2.05) is 12.1 Å². The van der Waals surface area contributed by atoms with Gasteiger partial charge in [-0.05, 0) is 30.3 Å². The van der Waals surface area contributed by atoms with Crippen molar-refractivity contribution >= 4 is 57.7 Å². The van der Waals surface area contributed by atoms with Gasteiger partial charge in [0.25, 0.3) is 0 Å². The van der Waals surface area contributed by atoms with Crippen LogP contribution in [0.25, 0.3) is 27.6 Å². The van der Waals surface area contributed by atoms with E-state index in [9.17, 15) is 0 Å². The zero-order chi connectivity index (χ0) is 21.6. The summed E-state index contributed by atoms with van der Waals surface area (Å²) in [5.41, 5.74) is 2.60. The minimum Gasteiger partial charge on any atom is -0.229 e. The zero-order valence-corrected chi connectivity index (χ0v) is 20.1. The third-order valence-corrected chi connectivity index (χ3v) is 6.86. The van der Waals surface area contributed by atoms with Crippen molar-refractivity contribution in [1.82, 2.24) is 20.0 Å². The van der Waals surface area contributed by atoms with Crippen LogP contribution >= 0.6 is 57.7 Å². The van der Waals surface area contributed by atoms with Gasteiger partial charge in [0.1, 0.15) is 10.7 Å². The monoisotopic (exact) mass is 496 g/mol. The van der Waals surface area contributed by atoms with E-state index >= 15 is 0 Å². The predicted octanol–water partition coefficient (Wildman–Crippen LogP) is 7.97. The second kappa shape index (κ2) is 8.13. The average molecular weight is 498 g/mol. The van der Waals surface area contributed by atoms with E-state index in [0.717, 1.165) is 10.6 Å². The van der Waals surface area contributed by atoms with Crippen molar-refractivity contribution in [2.45, 2.75) is 26.2 Å². The number of halogens is 4. The van der Waals surface area contributed by atoms with E-state index in [2.05, 4.69) is 31.0 Å². The van der Waals surface area contributed by atoms with Crippen LogP contribution in [-0.4, -0.2) is 20.0 Å². The van der Waals surface area contributed by atoms with Crippen molar-refractivity contribution in [3.05, 3.63) is 67.6 Å². The van der Waals surface area contributed by atoms with E-state index in [1.54, 1.807) is 35.0 Å². The Labute approximate surface area is 198 Å². The van der Waals surface area contributed by atoms with Crippen LogP contribution in [0.5, 0.6) is 0 Å². The smallest absolute Gasteiger partial charge is 0.169 e. The Balaban J connectivity index is 1.95. The van der Waals surface area contributed by atoms with Crippen molar-refractivity contribution in [2.24, 2.45) is 0 Å². The summed E-state index contributed by atoms with van der Waals surface area (Å²) in [6.45, 7) is 6.26. The first-order valence-electron chi connectivity index (χ1n) is 8.99. The largest absolute Gasteiger partial charge is 0.229 e. The van der Waals surface area contributed by atoms with Gasteiger partial charge in [-0.25, -0.2) is 4.68 Å². The number of benzene rings is 2. The van der Waals surface area contributed by atoms with Crippen LogP contribution in [0.4, 0.5) is 0 Å². The van der Waals surface area contributed by atoms with Crippen LogP contribution < -0.4 is 0 Å². The summed E-state index contributed by atoms with van der Waals surface area (Å²) in [4.78, 5) is 0. The van der Waals surface area contributed by atoms with Gasteiger partial charge in [0.15, 0.2) is 5.01 Å². The highest BCUT2D eigenvalue weighted by Crippen LogP contribution is 2.41. The first-order valence-corrected chi connectivity index (χ1v) is 11.3. The summed E-state index contributed by atoms with van der Waals surface area (Å²) in [5.74, 6) is 0. The van der Waals surface area contributed by atoms with E-state index in [4.69, 9.17) is 51.5 Å². The van der Waals surface area contributed by atoms with Gasteiger partial charge < -0.3 is 0 Å². The molecule has 2 heterocycles. The summed E-state index contributed by atoms with van der Waals surface area (Å²) in [6.07, 6.45) is 0. The molecule has 0 radical (unpaired) electrons. The molecule has 0 spiro atoms. The molecule has 154 valence electrons. The van der Waals surface area contributed by atoms with Crippen molar-refractivity contribution in [3.63, 3.8) is 0 Å². The van der Waals surface area contributed by atoms with Crippen LogP contribution in [0.3, 0.4) is 0 Å². The maximum absolute atomic E-state index is 6.85. The molecule has 0 saturated heterocycles. The molecule has 2 aromatic carbocycles.